The number of carbonyl (C=O) groups is 2. The lowest BCUT2D eigenvalue weighted by atomic mass is 10.0. The van der Waals surface area contributed by atoms with Crippen LogP contribution in [0.15, 0.2) is 42.6 Å². The highest BCUT2D eigenvalue weighted by atomic mass is 35.5. The van der Waals surface area contributed by atoms with Crippen LogP contribution in [0, 0.1) is 0 Å². The van der Waals surface area contributed by atoms with Crippen LogP contribution in [0.2, 0.25) is 0 Å². The number of halogens is 5. The lowest BCUT2D eigenvalue weighted by Gasteiger charge is -2.35. The molecule has 1 fully saturated rings. The summed E-state index contributed by atoms with van der Waals surface area (Å²) in [5.74, 6) is -1.12. The van der Waals surface area contributed by atoms with E-state index in [0.717, 1.165) is 27.9 Å². The Hall–Kier alpha value is -3.06. The van der Waals surface area contributed by atoms with Crippen LogP contribution in [0.25, 0.3) is 11.0 Å². The van der Waals surface area contributed by atoms with Crippen LogP contribution in [-0.4, -0.2) is 93.4 Å². The van der Waals surface area contributed by atoms with Crippen LogP contribution in [0.1, 0.15) is 16.8 Å². The molecule has 4 heterocycles. The Labute approximate surface area is 241 Å². The van der Waals surface area contributed by atoms with Crippen molar-refractivity contribution >= 4 is 47.7 Å². The summed E-state index contributed by atoms with van der Waals surface area (Å²) in [7, 11) is 0. The molecule has 1 saturated heterocycles. The molecule has 2 aromatic heterocycles. The number of hydrogen-bond acceptors (Lipinski definition) is 6. The SMILES string of the molecule is Cl.Cl.O=C(O)CN1CCN(CC(=O)N2CCc3c(n(Cc4ccc(OC(F)(F)F)cc4)c4ncccc34)C2)CC1. The summed E-state index contributed by atoms with van der Waals surface area (Å²) in [5.41, 5.74) is 3.67. The van der Waals surface area contributed by atoms with Crippen LogP contribution in [0.5, 0.6) is 5.75 Å². The minimum absolute atomic E-state index is 0. The van der Waals surface area contributed by atoms with E-state index in [9.17, 15) is 22.8 Å². The minimum atomic E-state index is -4.75. The summed E-state index contributed by atoms with van der Waals surface area (Å²) in [6, 6.07) is 9.65. The number of alkyl halides is 3. The van der Waals surface area contributed by atoms with Crippen molar-refractivity contribution in [2.75, 3.05) is 45.8 Å². The molecular weight excluding hydrogens is 574 g/mol. The van der Waals surface area contributed by atoms with Gasteiger partial charge < -0.3 is 19.3 Å². The first-order chi connectivity index (χ1) is 18.2. The zero-order valence-electron chi connectivity index (χ0n) is 21.5. The van der Waals surface area contributed by atoms with E-state index in [1.165, 1.54) is 12.1 Å². The lowest BCUT2D eigenvalue weighted by Crippen LogP contribution is -2.51. The summed E-state index contributed by atoms with van der Waals surface area (Å²) >= 11 is 0. The highest BCUT2D eigenvalue weighted by molar-refractivity contribution is 5.86. The largest absolute Gasteiger partial charge is 0.573 e. The first kappa shape index (κ1) is 31.5. The maximum Gasteiger partial charge on any atom is 0.573 e. The van der Waals surface area contributed by atoms with E-state index in [-0.39, 0.29) is 49.6 Å². The molecule has 0 unspecified atom stereocenters. The van der Waals surface area contributed by atoms with E-state index in [2.05, 4.69) is 14.6 Å². The third-order valence-electron chi connectivity index (χ3n) is 7.05. The molecule has 0 aliphatic carbocycles. The van der Waals surface area contributed by atoms with Gasteiger partial charge in [0.15, 0.2) is 0 Å². The van der Waals surface area contributed by atoms with Gasteiger partial charge in [0, 0.05) is 56.5 Å². The number of carboxylic acid groups (broad SMARTS) is 1. The van der Waals surface area contributed by atoms with Gasteiger partial charge in [0.05, 0.1) is 19.6 Å². The van der Waals surface area contributed by atoms with Crippen LogP contribution < -0.4 is 4.74 Å². The predicted molar refractivity (Wildman–Crippen MR) is 146 cm³/mol. The number of nitrogens with zero attached hydrogens (tertiary/aromatic N) is 5. The quantitative estimate of drug-likeness (QED) is 0.442. The molecule has 14 heteroatoms. The Morgan fingerprint density at radius 1 is 0.950 bits per heavy atom. The molecule has 0 spiro atoms. The van der Waals surface area contributed by atoms with Crippen molar-refractivity contribution in [3.05, 3.63) is 59.4 Å². The monoisotopic (exact) mass is 603 g/mol. The molecule has 3 aromatic rings. The first-order valence-electron chi connectivity index (χ1n) is 12.4. The summed E-state index contributed by atoms with van der Waals surface area (Å²) in [5, 5.41) is 9.99. The van der Waals surface area contributed by atoms with Gasteiger partial charge in [0.2, 0.25) is 5.91 Å². The molecule has 0 saturated carbocycles. The molecule has 218 valence electrons. The van der Waals surface area contributed by atoms with E-state index in [0.29, 0.717) is 52.2 Å². The number of rotatable bonds is 7. The van der Waals surface area contributed by atoms with E-state index in [4.69, 9.17) is 5.11 Å². The molecule has 0 radical (unpaired) electrons. The molecule has 0 bridgehead atoms. The molecular formula is C26H30Cl2F3N5O4. The Kier molecular flexibility index (Phi) is 10.3. The van der Waals surface area contributed by atoms with Crippen molar-refractivity contribution in [1.29, 1.82) is 0 Å². The van der Waals surface area contributed by atoms with Gasteiger partial charge in [-0.2, -0.15) is 0 Å². The second-order valence-corrected chi connectivity index (χ2v) is 9.59. The van der Waals surface area contributed by atoms with Gasteiger partial charge in [-0.15, -0.1) is 38.0 Å². The number of amides is 1. The third kappa shape index (κ3) is 7.36. The van der Waals surface area contributed by atoms with Crippen molar-refractivity contribution in [2.45, 2.75) is 25.9 Å². The summed E-state index contributed by atoms with van der Waals surface area (Å²) < 4.78 is 43.6. The van der Waals surface area contributed by atoms with Crippen molar-refractivity contribution < 1.29 is 32.6 Å². The Bertz CT molecular complexity index is 1330. The highest BCUT2D eigenvalue weighted by Crippen LogP contribution is 2.31. The Morgan fingerprint density at radius 3 is 2.23 bits per heavy atom. The standard InChI is InChI=1S/C26H28F3N5O4.2ClH/c27-26(28,29)38-19-5-3-18(4-6-19)14-34-22-15-33(9-7-20(22)21-2-1-8-30-25(21)34)23(35)16-31-10-12-32(13-11-31)17-24(36)37;;/h1-6,8H,7,9-17H2,(H,36,37);2*1H. The normalized spacial score (nSPS) is 16.1. The molecule has 9 nitrogen and oxygen atoms in total. The smallest absolute Gasteiger partial charge is 0.480 e. The summed E-state index contributed by atoms with van der Waals surface area (Å²) in [6.07, 6.45) is -2.36. The number of pyridine rings is 1. The second-order valence-electron chi connectivity index (χ2n) is 9.59. The molecule has 2 aliphatic rings. The molecule has 5 rings (SSSR count). The number of carboxylic acids is 1. The van der Waals surface area contributed by atoms with Gasteiger partial charge in [-0.05, 0) is 41.8 Å². The first-order valence-corrected chi connectivity index (χ1v) is 12.4. The van der Waals surface area contributed by atoms with Gasteiger partial charge in [0.25, 0.3) is 0 Å². The van der Waals surface area contributed by atoms with E-state index in [1.807, 2.05) is 26.5 Å². The maximum atomic E-state index is 13.2. The third-order valence-corrected chi connectivity index (χ3v) is 7.05. The van der Waals surface area contributed by atoms with Crippen LogP contribution in [-0.2, 0) is 29.1 Å². The number of fused-ring (bicyclic) bond motifs is 3. The predicted octanol–water partition coefficient (Wildman–Crippen LogP) is 3.41. The van der Waals surface area contributed by atoms with Crippen molar-refractivity contribution in [1.82, 2.24) is 24.3 Å². The van der Waals surface area contributed by atoms with Crippen molar-refractivity contribution in [3.8, 4) is 5.75 Å². The van der Waals surface area contributed by atoms with Gasteiger partial charge in [0.1, 0.15) is 11.4 Å². The Morgan fingerprint density at radius 2 is 1.60 bits per heavy atom. The average molecular weight is 604 g/mol. The topological polar surface area (TPSA) is 91.1 Å². The molecule has 40 heavy (non-hydrogen) atoms. The van der Waals surface area contributed by atoms with Gasteiger partial charge in [-0.1, -0.05) is 12.1 Å². The number of carbonyl (C=O) groups excluding carboxylic acids is 1. The van der Waals surface area contributed by atoms with Crippen LogP contribution in [0.3, 0.4) is 0 Å². The van der Waals surface area contributed by atoms with Gasteiger partial charge in [-0.3, -0.25) is 19.4 Å². The molecule has 2 aliphatic heterocycles. The van der Waals surface area contributed by atoms with Crippen molar-refractivity contribution in [3.63, 3.8) is 0 Å². The molecule has 1 aromatic carbocycles. The maximum absolute atomic E-state index is 13.2. The molecule has 0 atom stereocenters. The van der Waals surface area contributed by atoms with E-state index >= 15 is 0 Å². The summed E-state index contributed by atoms with van der Waals surface area (Å²) in [6.45, 7) is 4.16. The number of aliphatic carboxylic acids is 1. The molecule has 1 N–H and O–H groups in total. The van der Waals surface area contributed by atoms with Gasteiger partial charge >= 0.3 is 12.3 Å². The number of benzene rings is 1. The number of hydrogen-bond donors (Lipinski definition) is 1. The second kappa shape index (κ2) is 13.1. The van der Waals surface area contributed by atoms with E-state index < -0.39 is 12.3 Å². The fourth-order valence-corrected chi connectivity index (χ4v) is 5.21. The highest BCUT2D eigenvalue weighted by Gasteiger charge is 2.31. The number of aromatic nitrogens is 2. The zero-order valence-corrected chi connectivity index (χ0v) is 23.1. The van der Waals surface area contributed by atoms with Crippen LogP contribution >= 0.6 is 24.8 Å². The lowest BCUT2D eigenvalue weighted by molar-refractivity contribution is -0.274. The van der Waals surface area contributed by atoms with E-state index in [1.54, 1.807) is 18.3 Å². The van der Waals surface area contributed by atoms with Crippen LogP contribution in [0.4, 0.5) is 13.2 Å². The molecule has 1 amide bonds. The minimum Gasteiger partial charge on any atom is -0.480 e. The Balaban J connectivity index is 0.00000220. The average Bonchev–Trinajstić information content (AvgIpc) is 3.18. The fourth-order valence-electron chi connectivity index (χ4n) is 5.21. The number of piperazine rings is 1. The fraction of sp³-hybridized carbons (Fsp3) is 0.423. The van der Waals surface area contributed by atoms with Crippen molar-refractivity contribution in [2.24, 2.45) is 0 Å². The zero-order chi connectivity index (χ0) is 26.9. The number of ether oxygens (including phenoxy) is 1. The van der Waals surface area contributed by atoms with Gasteiger partial charge in [-0.25, -0.2) is 4.98 Å². The summed E-state index contributed by atoms with van der Waals surface area (Å²) in [4.78, 5) is 34.5.